The summed E-state index contributed by atoms with van der Waals surface area (Å²) in [5.74, 6) is -0.923. The lowest BCUT2D eigenvalue weighted by Gasteiger charge is -2.13. The number of nitrogens with zero attached hydrogens (tertiary/aromatic N) is 1. The van der Waals surface area contributed by atoms with Crippen molar-refractivity contribution in [1.82, 2.24) is 9.88 Å². The number of hydrogen-bond acceptors (Lipinski definition) is 4. The van der Waals surface area contributed by atoms with Crippen LogP contribution in [0.2, 0.25) is 0 Å². The number of aryl methyl sites for hydroxylation is 1. The smallest absolute Gasteiger partial charge is 0.293 e. The minimum Gasteiger partial charge on any atom is -0.502 e. The molecule has 0 bridgehead atoms. The van der Waals surface area contributed by atoms with E-state index in [9.17, 15) is 19.1 Å². The van der Waals surface area contributed by atoms with Crippen LogP contribution >= 0.6 is 0 Å². The van der Waals surface area contributed by atoms with E-state index in [4.69, 9.17) is 4.74 Å². The van der Waals surface area contributed by atoms with Gasteiger partial charge in [0.05, 0.1) is 18.4 Å². The van der Waals surface area contributed by atoms with Crippen LogP contribution in [0.4, 0.5) is 4.39 Å². The van der Waals surface area contributed by atoms with Gasteiger partial charge >= 0.3 is 0 Å². The average molecular weight is 410 g/mol. The highest BCUT2D eigenvalue weighted by molar-refractivity contribution is 5.97. The lowest BCUT2D eigenvalue weighted by atomic mass is 10.0. The Bertz CT molecular complexity index is 1120. The van der Waals surface area contributed by atoms with E-state index in [1.54, 1.807) is 20.1 Å². The van der Waals surface area contributed by atoms with Crippen molar-refractivity contribution in [2.75, 3.05) is 13.7 Å². The summed E-state index contributed by atoms with van der Waals surface area (Å²) in [5.41, 5.74) is 1.58. The summed E-state index contributed by atoms with van der Waals surface area (Å²) in [5, 5.41) is 12.9. The molecule has 3 aromatic rings. The Hall–Kier alpha value is -3.61. The van der Waals surface area contributed by atoms with Crippen molar-refractivity contribution in [2.24, 2.45) is 7.05 Å². The number of halogens is 1. The van der Waals surface area contributed by atoms with Crippen LogP contribution in [0.3, 0.4) is 0 Å². The van der Waals surface area contributed by atoms with Gasteiger partial charge in [0, 0.05) is 19.2 Å². The fourth-order valence-electron chi connectivity index (χ4n) is 3.23. The SMILES string of the molecule is COc1ccc(CCNC(=O)c2cc(-c3cc(C)cc(F)c3)n(C)c(=O)c2O)cc1. The maximum atomic E-state index is 13.8. The Balaban J connectivity index is 1.83. The molecule has 0 saturated heterocycles. The van der Waals surface area contributed by atoms with E-state index in [-0.39, 0.29) is 5.56 Å². The van der Waals surface area contributed by atoms with Crippen LogP contribution in [-0.2, 0) is 13.5 Å². The third kappa shape index (κ3) is 4.51. The number of ether oxygens (including phenoxy) is 1. The minimum absolute atomic E-state index is 0.148. The van der Waals surface area contributed by atoms with Crippen molar-refractivity contribution >= 4 is 5.91 Å². The summed E-state index contributed by atoms with van der Waals surface area (Å²) < 4.78 is 20.1. The van der Waals surface area contributed by atoms with Crippen LogP contribution in [0.25, 0.3) is 11.3 Å². The molecule has 1 amide bonds. The van der Waals surface area contributed by atoms with Gasteiger partial charge in [-0.15, -0.1) is 0 Å². The van der Waals surface area contributed by atoms with Crippen LogP contribution in [-0.4, -0.2) is 29.2 Å². The number of nitrogens with one attached hydrogen (secondary N) is 1. The molecule has 7 heteroatoms. The van der Waals surface area contributed by atoms with Crippen LogP contribution < -0.4 is 15.6 Å². The van der Waals surface area contributed by atoms with Gasteiger partial charge in [0.2, 0.25) is 0 Å². The molecule has 2 N–H and O–H groups in total. The van der Waals surface area contributed by atoms with Gasteiger partial charge in [-0.1, -0.05) is 12.1 Å². The summed E-state index contributed by atoms with van der Waals surface area (Å²) in [7, 11) is 3.05. The van der Waals surface area contributed by atoms with Crippen LogP contribution in [0.5, 0.6) is 11.5 Å². The quantitative estimate of drug-likeness (QED) is 0.654. The second kappa shape index (κ2) is 8.82. The highest BCUT2D eigenvalue weighted by Gasteiger charge is 2.19. The normalized spacial score (nSPS) is 10.7. The van der Waals surface area contributed by atoms with Crippen molar-refractivity contribution in [2.45, 2.75) is 13.3 Å². The van der Waals surface area contributed by atoms with Gasteiger partial charge in [-0.05, 0) is 60.9 Å². The summed E-state index contributed by atoms with van der Waals surface area (Å²) in [6.07, 6.45) is 0.567. The molecule has 1 aromatic heterocycles. The first-order valence-electron chi connectivity index (χ1n) is 9.42. The largest absolute Gasteiger partial charge is 0.502 e. The Morgan fingerprint density at radius 1 is 1.17 bits per heavy atom. The highest BCUT2D eigenvalue weighted by Crippen LogP contribution is 2.24. The number of pyridine rings is 1. The summed E-state index contributed by atoms with van der Waals surface area (Å²) >= 11 is 0. The first-order valence-corrected chi connectivity index (χ1v) is 9.42. The molecule has 0 radical (unpaired) electrons. The van der Waals surface area contributed by atoms with Gasteiger partial charge in [-0.3, -0.25) is 9.59 Å². The maximum absolute atomic E-state index is 13.8. The lowest BCUT2D eigenvalue weighted by molar-refractivity contribution is 0.0951. The van der Waals surface area contributed by atoms with Crippen LogP contribution in [0, 0.1) is 12.7 Å². The number of rotatable bonds is 6. The molecule has 156 valence electrons. The molecular formula is C23H23FN2O4. The molecule has 2 aromatic carbocycles. The summed E-state index contributed by atoms with van der Waals surface area (Å²) in [4.78, 5) is 25.1. The van der Waals surface area contributed by atoms with Crippen molar-refractivity contribution in [3.05, 3.63) is 81.4 Å². The number of hydrogen-bond donors (Lipinski definition) is 2. The van der Waals surface area contributed by atoms with E-state index in [1.807, 2.05) is 24.3 Å². The molecule has 3 rings (SSSR count). The Morgan fingerprint density at radius 3 is 2.50 bits per heavy atom. The van der Waals surface area contributed by atoms with Crippen LogP contribution in [0.15, 0.2) is 53.3 Å². The predicted molar refractivity (Wildman–Crippen MR) is 113 cm³/mol. The van der Waals surface area contributed by atoms with Gasteiger partial charge in [0.1, 0.15) is 11.6 Å². The van der Waals surface area contributed by atoms with E-state index in [0.29, 0.717) is 29.8 Å². The number of amides is 1. The fraction of sp³-hybridized carbons (Fsp3) is 0.217. The van der Waals surface area contributed by atoms with E-state index < -0.39 is 23.0 Å². The molecule has 0 aliphatic heterocycles. The van der Waals surface area contributed by atoms with Crippen LogP contribution in [0.1, 0.15) is 21.5 Å². The molecule has 0 aliphatic rings. The zero-order chi connectivity index (χ0) is 21.8. The molecule has 0 saturated carbocycles. The monoisotopic (exact) mass is 410 g/mol. The zero-order valence-corrected chi connectivity index (χ0v) is 17.0. The molecule has 0 unspecified atom stereocenters. The Labute approximate surface area is 173 Å². The first-order chi connectivity index (χ1) is 14.3. The second-order valence-electron chi connectivity index (χ2n) is 7.03. The topological polar surface area (TPSA) is 80.6 Å². The number of methoxy groups -OCH3 is 1. The number of aromatic hydroxyl groups is 1. The van der Waals surface area contributed by atoms with Gasteiger partial charge in [-0.2, -0.15) is 0 Å². The minimum atomic E-state index is -0.727. The predicted octanol–water partition coefficient (Wildman–Crippen LogP) is 3.19. The number of benzene rings is 2. The Kier molecular flexibility index (Phi) is 6.20. The van der Waals surface area contributed by atoms with E-state index in [2.05, 4.69) is 5.32 Å². The lowest BCUT2D eigenvalue weighted by Crippen LogP contribution is -2.29. The maximum Gasteiger partial charge on any atom is 0.293 e. The zero-order valence-electron chi connectivity index (χ0n) is 17.0. The molecule has 6 nitrogen and oxygen atoms in total. The summed E-state index contributed by atoms with van der Waals surface area (Å²) in [6.45, 7) is 2.05. The standard InChI is InChI=1S/C23H23FN2O4/c1-14-10-16(12-17(24)11-14)20-13-19(21(27)23(29)26(20)2)22(28)25-9-8-15-4-6-18(30-3)7-5-15/h4-7,10-13,27H,8-9H2,1-3H3,(H,25,28). The summed E-state index contributed by atoms with van der Waals surface area (Å²) in [6, 6.07) is 13.2. The third-order valence-electron chi connectivity index (χ3n) is 4.85. The van der Waals surface area contributed by atoms with E-state index in [0.717, 1.165) is 11.3 Å². The van der Waals surface area contributed by atoms with E-state index >= 15 is 0 Å². The number of carbonyl (C=O) groups excluding carboxylic acids is 1. The van der Waals surface area contributed by atoms with Gasteiger partial charge < -0.3 is 19.7 Å². The highest BCUT2D eigenvalue weighted by atomic mass is 19.1. The number of carbonyl (C=O) groups is 1. The molecule has 0 fully saturated rings. The van der Waals surface area contributed by atoms with Crippen molar-refractivity contribution in [1.29, 1.82) is 0 Å². The molecule has 0 atom stereocenters. The third-order valence-corrected chi connectivity index (χ3v) is 4.85. The Morgan fingerprint density at radius 2 is 1.87 bits per heavy atom. The van der Waals surface area contributed by atoms with Gasteiger partial charge in [0.25, 0.3) is 11.5 Å². The molecule has 0 aliphatic carbocycles. The molecule has 30 heavy (non-hydrogen) atoms. The van der Waals surface area contributed by atoms with Crippen molar-refractivity contribution in [3.8, 4) is 22.8 Å². The van der Waals surface area contributed by atoms with Crippen molar-refractivity contribution < 1.29 is 19.0 Å². The number of aromatic nitrogens is 1. The first kappa shape index (κ1) is 21.1. The second-order valence-corrected chi connectivity index (χ2v) is 7.03. The van der Waals surface area contributed by atoms with Gasteiger partial charge in [-0.25, -0.2) is 4.39 Å². The van der Waals surface area contributed by atoms with E-state index in [1.165, 1.54) is 29.8 Å². The fourth-order valence-corrected chi connectivity index (χ4v) is 3.23. The molecule has 1 heterocycles. The molecule has 0 spiro atoms. The molecular weight excluding hydrogens is 387 g/mol. The average Bonchev–Trinajstić information content (AvgIpc) is 2.72. The van der Waals surface area contributed by atoms with Gasteiger partial charge in [0.15, 0.2) is 5.75 Å². The van der Waals surface area contributed by atoms with Crippen molar-refractivity contribution in [3.63, 3.8) is 0 Å².